The highest BCUT2D eigenvalue weighted by Crippen LogP contribution is 2.35. The molecule has 31 heavy (non-hydrogen) atoms. The van der Waals surface area contributed by atoms with Crippen LogP contribution in [0, 0.1) is 13.8 Å². The van der Waals surface area contributed by atoms with Gasteiger partial charge >= 0.3 is 0 Å². The number of phenols is 1. The molecule has 2 unspecified atom stereocenters. The van der Waals surface area contributed by atoms with Gasteiger partial charge in [-0.2, -0.15) is 8.42 Å². The van der Waals surface area contributed by atoms with Crippen molar-refractivity contribution in [2.45, 2.75) is 51.4 Å². The molecule has 0 spiro atoms. The van der Waals surface area contributed by atoms with E-state index in [9.17, 15) is 23.7 Å². The van der Waals surface area contributed by atoms with Gasteiger partial charge in [-0.25, -0.2) is 0 Å². The van der Waals surface area contributed by atoms with E-state index in [4.69, 9.17) is 4.55 Å². The summed E-state index contributed by atoms with van der Waals surface area (Å²) in [4.78, 5) is 2.24. The van der Waals surface area contributed by atoms with Gasteiger partial charge in [0.25, 0.3) is 10.1 Å². The fourth-order valence-corrected chi connectivity index (χ4v) is 3.98. The molecule has 1 fully saturated rings. The average Bonchev–Trinajstić information content (AvgIpc) is 2.70. The predicted octanol–water partition coefficient (Wildman–Crippen LogP) is 2.92. The van der Waals surface area contributed by atoms with Crippen LogP contribution in [0.25, 0.3) is 0 Å². The Morgan fingerprint density at radius 2 is 1.48 bits per heavy atom. The van der Waals surface area contributed by atoms with Gasteiger partial charge < -0.3 is 15.3 Å². The van der Waals surface area contributed by atoms with Crippen LogP contribution >= 0.6 is 0 Å². The van der Waals surface area contributed by atoms with Crippen molar-refractivity contribution >= 4 is 10.1 Å². The molecule has 2 aromatic carbocycles. The molecule has 1 heterocycles. The second kappa shape index (κ2) is 10.1. The first-order valence-electron chi connectivity index (χ1n) is 10.2. The van der Waals surface area contributed by atoms with Gasteiger partial charge in [-0.1, -0.05) is 30.3 Å². The van der Waals surface area contributed by atoms with E-state index in [-0.39, 0.29) is 6.04 Å². The SMILES string of the molecule is CS(=O)(=O)O.Cc1cc(C(O)C(C)N2CCC(O)(c3ccccc3)CC2)cc(C)c1O. The molecular weight excluding hydrogens is 418 g/mol. The molecule has 0 aromatic heterocycles. The first-order valence-corrected chi connectivity index (χ1v) is 12.1. The quantitative estimate of drug-likeness (QED) is 0.528. The molecule has 0 saturated carbocycles. The zero-order valence-corrected chi connectivity index (χ0v) is 19.3. The summed E-state index contributed by atoms with van der Waals surface area (Å²) in [6.45, 7) is 7.20. The van der Waals surface area contributed by atoms with E-state index in [0.717, 1.165) is 35.3 Å². The number of rotatable bonds is 4. The van der Waals surface area contributed by atoms with E-state index in [0.29, 0.717) is 24.8 Å². The van der Waals surface area contributed by atoms with E-state index in [2.05, 4.69) is 4.90 Å². The molecule has 0 aliphatic carbocycles. The van der Waals surface area contributed by atoms with Crippen LogP contribution < -0.4 is 0 Å². The van der Waals surface area contributed by atoms with Gasteiger partial charge in [0, 0.05) is 19.1 Å². The van der Waals surface area contributed by atoms with Crippen molar-refractivity contribution in [1.29, 1.82) is 0 Å². The Bertz CT molecular complexity index is 938. The fourth-order valence-electron chi connectivity index (χ4n) is 3.98. The Hall–Kier alpha value is -1.97. The number of aryl methyl sites for hydroxylation is 2. The maximum absolute atomic E-state index is 11.0. The van der Waals surface area contributed by atoms with Crippen molar-refractivity contribution in [3.8, 4) is 5.75 Å². The smallest absolute Gasteiger partial charge is 0.261 e. The number of phenolic OH excluding ortho intramolecular Hbond substituents is 1. The van der Waals surface area contributed by atoms with Crippen LogP contribution in [0.4, 0.5) is 0 Å². The molecule has 3 rings (SSSR count). The number of aromatic hydroxyl groups is 1. The zero-order chi connectivity index (χ0) is 23.4. The second-order valence-electron chi connectivity index (χ2n) is 8.36. The predicted molar refractivity (Wildman–Crippen MR) is 121 cm³/mol. The molecule has 1 aliphatic heterocycles. The van der Waals surface area contributed by atoms with Crippen LogP contribution in [0.1, 0.15) is 48.1 Å². The summed E-state index contributed by atoms with van der Waals surface area (Å²) in [6.07, 6.45) is 1.40. The number of hydrogen-bond donors (Lipinski definition) is 4. The van der Waals surface area contributed by atoms with E-state index in [1.807, 2.05) is 63.2 Å². The second-order valence-corrected chi connectivity index (χ2v) is 9.82. The zero-order valence-electron chi connectivity index (χ0n) is 18.5. The molecule has 1 aliphatic rings. The van der Waals surface area contributed by atoms with Gasteiger partial charge in [0.2, 0.25) is 0 Å². The van der Waals surface area contributed by atoms with Gasteiger partial charge in [0.15, 0.2) is 0 Å². The first kappa shape index (κ1) is 25.3. The van der Waals surface area contributed by atoms with E-state index in [1.165, 1.54) is 0 Å². The molecule has 172 valence electrons. The third-order valence-corrected chi connectivity index (χ3v) is 5.82. The van der Waals surface area contributed by atoms with Gasteiger partial charge in [0.05, 0.1) is 18.0 Å². The topological polar surface area (TPSA) is 118 Å². The Balaban J connectivity index is 0.000000614. The maximum atomic E-state index is 11.0. The molecule has 7 nitrogen and oxygen atoms in total. The van der Waals surface area contributed by atoms with Crippen LogP contribution in [-0.4, -0.2) is 58.6 Å². The van der Waals surface area contributed by atoms with Crippen molar-refractivity contribution in [3.05, 3.63) is 64.7 Å². The molecule has 0 amide bonds. The number of benzene rings is 2. The van der Waals surface area contributed by atoms with Crippen LogP contribution in [0.2, 0.25) is 0 Å². The number of nitrogens with zero attached hydrogens (tertiary/aromatic N) is 1. The van der Waals surface area contributed by atoms with Gasteiger partial charge in [-0.3, -0.25) is 9.45 Å². The summed E-state index contributed by atoms with van der Waals surface area (Å²) in [7, 11) is -3.67. The van der Waals surface area contributed by atoms with E-state index >= 15 is 0 Å². The molecule has 0 bridgehead atoms. The van der Waals surface area contributed by atoms with Gasteiger partial charge in [-0.05, 0) is 68.0 Å². The highest BCUT2D eigenvalue weighted by molar-refractivity contribution is 7.85. The van der Waals surface area contributed by atoms with E-state index < -0.39 is 21.8 Å². The minimum absolute atomic E-state index is 0.0568. The number of aliphatic hydroxyl groups excluding tert-OH is 1. The molecule has 8 heteroatoms. The highest BCUT2D eigenvalue weighted by atomic mass is 32.2. The summed E-state index contributed by atoms with van der Waals surface area (Å²) in [6, 6.07) is 13.5. The molecule has 1 saturated heterocycles. The van der Waals surface area contributed by atoms with Crippen molar-refractivity contribution in [1.82, 2.24) is 4.90 Å². The molecule has 2 atom stereocenters. The van der Waals surface area contributed by atoms with Crippen LogP contribution in [0.5, 0.6) is 5.75 Å². The summed E-state index contributed by atoms with van der Waals surface area (Å²) in [5.74, 6) is 0.291. The summed E-state index contributed by atoms with van der Waals surface area (Å²) < 4.78 is 25.9. The third kappa shape index (κ3) is 7.02. The van der Waals surface area contributed by atoms with E-state index in [1.54, 1.807) is 0 Å². The molecule has 4 N–H and O–H groups in total. The van der Waals surface area contributed by atoms with Crippen molar-refractivity contribution in [2.75, 3.05) is 19.3 Å². The number of aliphatic hydroxyl groups is 2. The molecule has 0 radical (unpaired) electrons. The van der Waals surface area contributed by atoms with Crippen LogP contribution in [0.3, 0.4) is 0 Å². The van der Waals surface area contributed by atoms with Crippen LogP contribution in [-0.2, 0) is 15.7 Å². The summed E-state index contributed by atoms with van der Waals surface area (Å²) in [5, 5.41) is 31.8. The van der Waals surface area contributed by atoms with Gasteiger partial charge in [-0.15, -0.1) is 0 Å². The minimum atomic E-state index is -3.67. The Kier molecular flexibility index (Phi) is 8.24. The normalized spacial score (nSPS) is 18.5. The van der Waals surface area contributed by atoms with Crippen molar-refractivity contribution in [2.24, 2.45) is 0 Å². The first-order chi connectivity index (χ1) is 14.3. The average molecular weight is 452 g/mol. The summed E-state index contributed by atoms with van der Waals surface area (Å²) in [5.41, 5.74) is 2.58. The highest BCUT2D eigenvalue weighted by Gasteiger charge is 2.36. The Morgan fingerprint density at radius 1 is 1.03 bits per heavy atom. The third-order valence-electron chi connectivity index (χ3n) is 5.82. The lowest BCUT2D eigenvalue weighted by atomic mass is 9.83. The lowest BCUT2D eigenvalue weighted by molar-refractivity contribution is -0.0501. The summed E-state index contributed by atoms with van der Waals surface area (Å²) >= 11 is 0. The van der Waals surface area contributed by atoms with Crippen LogP contribution in [0.15, 0.2) is 42.5 Å². The molecule has 2 aromatic rings. The number of piperidine rings is 1. The van der Waals surface area contributed by atoms with Crippen molar-refractivity contribution in [3.63, 3.8) is 0 Å². The number of likely N-dealkylation sites (tertiary alicyclic amines) is 1. The Morgan fingerprint density at radius 3 is 1.94 bits per heavy atom. The lowest BCUT2D eigenvalue weighted by Gasteiger charge is -2.42. The minimum Gasteiger partial charge on any atom is -0.507 e. The number of hydrogen-bond acceptors (Lipinski definition) is 6. The largest absolute Gasteiger partial charge is 0.507 e. The van der Waals surface area contributed by atoms with Gasteiger partial charge in [0.1, 0.15) is 5.75 Å². The standard InChI is InChI=1S/C22H29NO3.CH4O3S/c1-15-13-18(14-16(2)20(15)24)21(25)17(3)23-11-9-22(26,10-12-23)19-7-5-4-6-8-19;1-5(2,3)4/h4-8,13-14,17,21,24-26H,9-12H2,1-3H3;1H3,(H,2,3,4). The monoisotopic (exact) mass is 451 g/mol. The fraction of sp³-hybridized carbons (Fsp3) is 0.478. The maximum Gasteiger partial charge on any atom is 0.261 e. The van der Waals surface area contributed by atoms with Crippen molar-refractivity contribution < 1.29 is 28.3 Å². The Labute approximate surface area is 184 Å². The lowest BCUT2D eigenvalue weighted by Crippen LogP contribution is -2.47. The molecular formula is C23H33NO6S.